The molecular weight excluding hydrogens is 394 g/mol. The lowest BCUT2D eigenvalue weighted by atomic mass is 10.1. The maximum atomic E-state index is 13.0. The highest BCUT2D eigenvalue weighted by molar-refractivity contribution is 6.22. The van der Waals surface area contributed by atoms with Gasteiger partial charge in [0.15, 0.2) is 11.6 Å². The Hall–Kier alpha value is -3.32. The van der Waals surface area contributed by atoms with Crippen molar-refractivity contribution in [2.45, 2.75) is 26.3 Å². The molecule has 2 saturated heterocycles. The van der Waals surface area contributed by atoms with Gasteiger partial charge in [-0.1, -0.05) is 0 Å². The normalized spacial score (nSPS) is 19.7. The molecule has 2 fully saturated rings. The van der Waals surface area contributed by atoms with Crippen molar-refractivity contribution in [3.05, 3.63) is 59.7 Å². The summed E-state index contributed by atoms with van der Waals surface area (Å²) in [6.45, 7) is 5.86. The standard InChI is InChI=1S/C24H25N3O4/c1-16(28)18-3-7-20(8-4-18)25-11-13-26(14-12-25)22-15-23(30)27(24(22)31)21-9-5-19(6-10-21)17(2)29/h3-10,22H,11-15H2,1-2H3/t22-/m1/s1. The van der Waals surface area contributed by atoms with Gasteiger partial charge in [-0.3, -0.25) is 24.1 Å². The quantitative estimate of drug-likeness (QED) is 0.548. The van der Waals surface area contributed by atoms with Crippen molar-refractivity contribution < 1.29 is 19.2 Å². The van der Waals surface area contributed by atoms with E-state index in [2.05, 4.69) is 9.80 Å². The second kappa shape index (κ2) is 8.43. The van der Waals surface area contributed by atoms with Crippen LogP contribution in [0.25, 0.3) is 0 Å². The molecule has 2 aliphatic heterocycles. The molecule has 0 N–H and O–H groups in total. The van der Waals surface area contributed by atoms with E-state index in [1.54, 1.807) is 31.2 Å². The number of ketones is 2. The van der Waals surface area contributed by atoms with E-state index < -0.39 is 6.04 Å². The first-order valence-electron chi connectivity index (χ1n) is 10.4. The van der Waals surface area contributed by atoms with Crippen molar-refractivity contribution in [2.24, 2.45) is 0 Å². The van der Waals surface area contributed by atoms with Crippen LogP contribution in [0.3, 0.4) is 0 Å². The highest BCUT2D eigenvalue weighted by Crippen LogP contribution is 2.27. The van der Waals surface area contributed by atoms with E-state index in [9.17, 15) is 19.2 Å². The summed E-state index contributed by atoms with van der Waals surface area (Å²) in [5.74, 6) is -0.439. The highest BCUT2D eigenvalue weighted by atomic mass is 16.2. The zero-order valence-electron chi connectivity index (χ0n) is 17.7. The number of Topliss-reactive ketones (excluding diaryl/α,β-unsaturated/α-hetero) is 2. The first-order chi connectivity index (χ1) is 14.8. The number of carbonyl (C=O) groups is 4. The summed E-state index contributed by atoms with van der Waals surface area (Å²) in [6, 6.07) is 13.7. The second-order valence-corrected chi connectivity index (χ2v) is 8.02. The Morgan fingerprint density at radius 1 is 0.742 bits per heavy atom. The van der Waals surface area contributed by atoms with Crippen molar-refractivity contribution >= 4 is 34.8 Å². The number of imide groups is 1. The summed E-state index contributed by atoms with van der Waals surface area (Å²) in [5, 5.41) is 0. The van der Waals surface area contributed by atoms with E-state index in [4.69, 9.17) is 0 Å². The van der Waals surface area contributed by atoms with E-state index in [1.807, 2.05) is 24.3 Å². The van der Waals surface area contributed by atoms with Gasteiger partial charge in [0.1, 0.15) is 0 Å². The summed E-state index contributed by atoms with van der Waals surface area (Å²) in [5.41, 5.74) is 2.79. The van der Waals surface area contributed by atoms with Crippen molar-refractivity contribution in [1.29, 1.82) is 0 Å². The van der Waals surface area contributed by atoms with Crippen molar-refractivity contribution in [3.63, 3.8) is 0 Å². The maximum absolute atomic E-state index is 13.0. The van der Waals surface area contributed by atoms with Crippen molar-refractivity contribution in [2.75, 3.05) is 36.0 Å². The predicted molar refractivity (Wildman–Crippen MR) is 118 cm³/mol. The zero-order chi connectivity index (χ0) is 22.1. The van der Waals surface area contributed by atoms with Crippen molar-refractivity contribution in [3.8, 4) is 0 Å². The summed E-state index contributed by atoms with van der Waals surface area (Å²) in [7, 11) is 0. The van der Waals surface area contributed by atoms with Gasteiger partial charge in [0, 0.05) is 43.0 Å². The Labute approximate surface area is 181 Å². The van der Waals surface area contributed by atoms with Crippen LogP contribution in [0, 0.1) is 0 Å². The molecule has 2 aromatic carbocycles. The van der Waals surface area contributed by atoms with Gasteiger partial charge in [0.25, 0.3) is 5.91 Å². The molecule has 2 heterocycles. The smallest absolute Gasteiger partial charge is 0.251 e. The van der Waals surface area contributed by atoms with Crippen LogP contribution in [0.4, 0.5) is 11.4 Å². The molecule has 31 heavy (non-hydrogen) atoms. The predicted octanol–water partition coefficient (Wildman–Crippen LogP) is 2.55. The Balaban J connectivity index is 1.41. The van der Waals surface area contributed by atoms with Crippen LogP contribution in [0.2, 0.25) is 0 Å². The second-order valence-electron chi connectivity index (χ2n) is 8.02. The number of anilines is 2. The van der Waals surface area contributed by atoms with E-state index in [-0.39, 0.29) is 29.8 Å². The molecule has 0 aliphatic carbocycles. The fourth-order valence-corrected chi connectivity index (χ4v) is 4.22. The third kappa shape index (κ3) is 4.14. The van der Waals surface area contributed by atoms with Crippen LogP contribution in [0.5, 0.6) is 0 Å². The summed E-state index contributed by atoms with van der Waals surface area (Å²) in [4.78, 5) is 54.1. The lowest BCUT2D eigenvalue weighted by molar-refractivity contribution is -0.123. The fraction of sp³-hybridized carbons (Fsp3) is 0.333. The maximum Gasteiger partial charge on any atom is 0.251 e. The number of nitrogens with zero attached hydrogens (tertiary/aromatic N) is 3. The van der Waals surface area contributed by atoms with E-state index in [0.717, 1.165) is 18.8 Å². The molecule has 2 amide bonds. The average Bonchev–Trinajstić information content (AvgIpc) is 3.08. The number of amides is 2. The van der Waals surface area contributed by atoms with Gasteiger partial charge in [-0.25, -0.2) is 4.90 Å². The summed E-state index contributed by atoms with van der Waals surface area (Å²) >= 11 is 0. The van der Waals surface area contributed by atoms with Gasteiger partial charge >= 0.3 is 0 Å². The molecule has 2 aliphatic rings. The summed E-state index contributed by atoms with van der Waals surface area (Å²) in [6.07, 6.45) is 0.167. The molecule has 0 saturated carbocycles. The molecule has 0 aromatic heterocycles. The van der Waals surface area contributed by atoms with Crippen LogP contribution in [0.1, 0.15) is 41.0 Å². The first kappa shape index (κ1) is 20.9. The van der Waals surface area contributed by atoms with Gasteiger partial charge in [-0.15, -0.1) is 0 Å². The number of benzene rings is 2. The van der Waals surface area contributed by atoms with Crippen molar-refractivity contribution in [1.82, 2.24) is 4.90 Å². The summed E-state index contributed by atoms with van der Waals surface area (Å²) < 4.78 is 0. The molecule has 2 aromatic rings. The lowest BCUT2D eigenvalue weighted by Crippen LogP contribution is -2.52. The molecule has 0 radical (unpaired) electrons. The number of hydrogen-bond donors (Lipinski definition) is 0. The molecule has 0 spiro atoms. The minimum absolute atomic E-state index is 0.0428. The van der Waals surface area contributed by atoms with Gasteiger partial charge in [-0.2, -0.15) is 0 Å². The molecule has 7 heteroatoms. The SMILES string of the molecule is CC(=O)c1ccc(N2CCN([C@@H]3CC(=O)N(c4ccc(C(C)=O)cc4)C3=O)CC2)cc1. The molecule has 160 valence electrons. The van der Waals surface area contributed by atoms with Gasteiger partial charge < -0.3 is 4.90 Å². The molecule has 1 atom stereocenters. The number of piperazine rings is 1. The van der Waals surface area contributed by atoms with Crippen LogP contribution in [-0.4, -0.2) is 60.5 Å². The number of rotatable bonds is 5. The lowest BCUT2D eigenvalue weighted by Gasteiger charge is -2.38. The highest BCUT2D eigenvalue weighted by Gasteiger charge is 2.43. The minimum Gasteiger partial charge on any atom is -0.369 e. The average molecular weight is 419 g/mol. The Bertz CT molecular complexity index is 1020. The third-order valence-electron chi connectivity index (χ3n) is 6.05. The minimum atomic E-state index is -0.456. The Morgan fingerprint density at radius 3 is 1.71 bits per heavy atom. The van der Waals surface area contributed by atoms with E-state index in [1.165, 1.54) is 11.8 Å². The molecule has 4 rings (SSSR count). The van der Waals surface area contributed by atoms with Crippen LogP contribution >= 0.6 is 0 Å². The molecule has 0 unspecified atom stereocenters. The number of hydrogen-bond acceptors (Lipinski definition) is 6. The Morgan fingerprint density at radius 2 is 1.23 bits per heavy atom. The number of carbonyl (C=O) groups excluding carboxylic acids is 4. The van der Waals surface area contributed by atoms with E-state index >= 15 is 0 Å². The van der Waals surface area contributed by atoms with Crippen LogP contribution < -0.4 is 9.80 Å². The fourth-order valence-electron chi connectivity index (χ4n) is 4.22. The Kier molecular flexibility index (Phi) is 5.69. The topological polar surface area (TPSA) is 78.0 Å². The molecule has 0 bridgehead atoms. The third-order valence-corrected chi connectivity index (χ3v) is 6.05. The molecule has 7 nitrogen and oxygen atoms in total. The van der Waals surface area contributed by atoms with Gasteiger partial charge in [-0.05, 0) is 62.4 Å². The zero-order valence-corrected chi connectivity index (χ0v) is 17.7. The first-order valence-corrected chi connectivity index (χ1v) is 10.4. The molecular formula is C24H25N3O4. The van der Waals surface area contributed by atoms with E-state index in [0.29, 0.717) is 29.9 Å². The van der Waals surface area contributed by atoms with Crippen LogP contribution in [0.15, 0.2) is 48.5 Å². The van der Waals surface area contributed by atoms with Crippen LogP contribution in [-0.2, 0) is 9.59 Å². The monoisotopic (exact) mass is 419 g/mol. The largest absolute Gasteiger partial charge is 0.369 e. The van der Waals surface area contributed by atoms with Gasteiger partial charge in [0.05, 0.1) is 18.2 Å². The van der Waals surface area contributed by atoms with Gasteiger partial charge in [0.2, 0.25) is 5.91 Å².